The van der Waals surface area contributed by atoms with E-state index >= 15 is 0 Å². The number of hydrogen-bond donors (Lipinski definition) is 1. The van der Waals surface area contributed by atoms with Crippen LogP contribution in [0.3, 0.4) is 0 Å². The lowest BCUT2D eigenvalue weighted by atomic mass is 9.74. The van der Waals surface area contributed by atoms with Crippen LogP contribution in [-0.2, 0) is 9.59 Å². The predicted octanol–water partition coefficient (Wildman–Crippen LogP) is 2.72. The third-order valence-electron chi connectivity index (χ3n) is 5.08. The summed E-state index contributed by atoms with van der Waals surface area (Å²) in [7, 11) is 0. The molecule has 3 unspecified atom stereocenters. The Morgan fingerprint density at radius 1 is 1.33 bits per heavy atom. The SMILES string of the molecule is CCC1C(=O)NC(C(C)C)C(=O)N1C1CCCC(C)(C)C1. The summed E-state index contributed by atoms with van der Waals surface area (Å²) in [5.41, 5.74) is 0.267. The van der Waals surface area contributed by atoms with Gasteiger partial charge in [0.1, 0.15) is 12.1 Å². The zero-order valence-corrected chi connectivity index (χ0v) is 14.1. The van der Waals surface area contributed by atoms with E-state index in [1.54, 1.807) is 0 Å². The molecule has 0 bridgehead atoms. The quantitative estimate of drug-likeness (QED) is 0.870. The van der Waals surface area contributed by atoms with Gasteiger partial charge in [0, 0.05) is 6.04 Å². The van der Waals surface area contributed by atoms with Gasteiger partial charge in [0.05, 0.1) is 0 Å². The zero-order chi connectivity index (χ0) is 15.8. The van der Waals surface area contributed by atoms with Crippen LogP contribution in [0.15, 0.2) is 0 Å². The number of carbonyl (C=O) groups excluding carboxylic acids is 2. The van der Waals surface area contributed by atoms with Crippen molar-refractivity contribution in [3.8, 4) is 0 Å². The molecule has 1 N–H and O–H groups in total. The van der Waals surface area contributed by atoms with Gasteiger partial charge < -0.3 is 10.2 Å². The first-order chi connectivity index (χ1) is 9.76. The first-order valence-electron chi connectivity index (χ1n) is 8.39. The molecule has 0 spiro atoms. The molecule has 2 amide bonds. The second kappa shape index (κ2) is 5.98. The molecule has 1 heterocycles. The minimum atomic E-state index is -0.356. The normalized spacial score (nSPS) is 33.2. The predicted molar refractivity (Wildman–Crippen MR) is 83.7 cm³/mol. The smallest absolute Gasteiger partial charge is 0.246 e. The number of nitrogens with zero attached hydrogens (tertiary/aromatic N) is 1. The van der Waals surface area contributed by atoms with Crippen LogP contribution < -0.4 is 5.32 Å². The first kappa shape index (κ1) is 16.3. The molecule has 2 rings (SSSR count). The summed E-state index contributed by atoms with van der Waals surface area (Å²) in [6, 6.07) is -0.421. The molecule has 1 saturated heterocycles. The van der Waals surface area contributed by atoms with Crippen molar-refractivity contribution in [2.45, 2.75) is 84.8 Å². The van der Waals surface area contributed by atoms with E-state index < -0.39 is 0 Å². The molecular weight excluding hydrogens is 264 g/mol. The summed E-state index contributed by atoms with van der Waals surface area (Å²) < 4.78 is 0. The Kier molecular flexibility index (Phi) is 4.64. The van der Waals surface area contributed by atoms with Gasteiger partial charge in [0.25, 0.3) is 0 Å². The van der Waals surface area contributed by atoms with Gasteiger partial charge in [-0.05, 0) is 37.0 Å². The lowest BCUT2D eigenvalue weighted by Crippen LogP contribution is -2.67. The van der Waals surface area contributed by atoms with Crippen molar-refractivity contribution in [2.75, 3.05) is 0 Å². The van der Waals surface area contributed by atoms with Crippen molar-refractivity contribution in [3.05, 3.63) is 0 Å². The van der Waals surface area contributed by atoms with Crippen molar-refractivity contribution in [2.24, 2.45) is 11.3 Å². The lowest BCUT2D eigenvalue weighted by molar-refractivity contribution is -0.155. The summed E-state index contributed by atoms with van der Waals surface area (Å²) in [6.07, 6.45) is 5.09. The Morgan fingerprint density at radius 3 is 2.52 bits per heavy atom. The number of amides is 2. The second-order valence-electron chi connectivity index (χ2n) is 7.81. The van der Waals surface area contributed by atoms with E-state index in [-0.39, 0.29) is 41.3 Å². The molecule has 0 aromatic heterocycles. The van der Waals surface area contributed by atoms with Gasteiger partial charge in [-0.25, -0.2) is 0 Å². The Labute approximate surface area is 128 Å². The molecule has 0 aromatic carbocycles. The summed E-state index contributed by atoms with van der Waals surface area (Å²) in [4.78, 5) is 27.2. The van der Waals surface area contributed by atoms with Crippen LogP contribution in [-0.4, -0.2) is 34.8 Å². The van der Waals surface area contributed by atoms with Crippen LogP contribution in [0, 0.1) is 11.3 Å². The standard InChI is InChI=1S/C17H30N2O2/c1-6-13-15(20)18-14(11(2)3)16(21)19(13)12-8-7-9-17(4,5)10-12/h11-14H,6-10H2,1-5H3,(H,18,20). The molecular formula is C17H30N2O2. The van der Waals surface area contributed by atoms with Crippen LogP contribution in [0.2, 0.25) is 0 Å². The molecule has 0 radical (unpaired) electrons. The van der Waals surface area contributed by atoms with Crippen molar-refractivity contribution in [3.63, 3.8) is 0 Å². The fourth-order valence-corrected chi connectivity index (χ4v) is 3.92. The Balaban J connectivity index is 2.27. The monoisotopic (exact) mass is 294 g/mol. The van der Waals surface area contributed by atoms with E-state index in [9.17, 15) is 9.59 Å². The topological polar surface area (TPSA) is 49.4 Å². The maximum absolute atomic E-state index is 12.9. The molecule has 4 heteroatoms. The molecule has 4 nitrogen and oxygen atoms in total. The van der Waals surface area contributed by atoms with Gasteiger partial charge in [-0.1, -0.05) is 41.0 Å². The molecule has 2 aliphatic rings. The third-order valence-corrected chi connectivity index (χ3v) is 5.08. The Bertz CT molecular complexity index is 417. The van der Waals surface area contributed by atoms with Gasteiger partial charge >= 0.3 is 0 Å². The van der Waals surface area contributed by atoms with Gasteiger partial charge in [-0.3, -0.25) is 9.59 Å². The maximum atomic E-state index is 12.9. The zero-order valence-electron chi connectivity index (χ0n) is 14.1. The van der Waals surface area contributed by atoms with Crippen LogP contribution in [0.5, 0.6) is 0 Å². The van der Waals surface area contributed by atoms with Gasteiger partial charge in [-0.2, -0.15) is 0 Å². The minimum absolute atomic E-state index is 0.0270. The van der Waals surface area contributed by atoms with Gasteiger partial charge in [-0.15, -0.1) is 0 Å². The molecule has 3 atom stereocenters. The van der Waals surface area contributed by atoms with Crippen LogP contribution in [0.1, 0.15) is 66.7 Å². The number of nitrogens with one attached hydrogen (secondary N) is 1. The number of hydrogen-bond acceptors (Lipinski definition) is 2. The molecule has 21 heavy (non-hydrogen) atoms. The molecule has 1 saturated carbocycles. The highest BCUT2D eigenvalue weighted by Gasteiger charge is 2.45. The average Bonchev–Trinajstić information content (AvgIpc) is 2.38. The second-order valence-corrected chi connectivity index (χ2v) is 7.81. The largest absolute Gasteiger partial charge is 0.342 e. The summed E-state index contributed by atoms with van der Waals surface area (Å²) in [5.74, 6) is 0.289. The van der Waals surface area contributed by atoms with E-state index in [0.29, 0.717) is 6.42 Å². The van der Waals surface area contributed by atoms with Crippen LogP contribution >= 0.6 is 0 Å². The molecule has 1 aliphatic heterocycles. The highest BCUT2D eigenvalue weighted by Crippen LogP contribution is 2.39. The number of carbonyl (C=O) groups is 2. The third kappa shape index (κ3) is 3.24. The van der Waals surface area contributed by atoms with E-state index in [4.69, 9.17) is 0 Å². The average molecular weight is 294 g/mol. The van der Waals surface area contributed by atoms with Crippen LogP contribution in [0.4, 0.5) is 0 Å². The Morgan fingerprint density at radius 2 is 2.00 bits per heavy atom. The van der Waals surface area contributed by atoms with E-state index in [0.717, 1.165) is 19.3 Å². The fraction of sp³-hybridized carbons (Fsp3) is 0.882. The Hall–Kier alpha value is -1.06. The van der Waals surface area contributed by atoms with Gasteiger partial charge in [0.15, 0.2) is 0 Å². The maximum Gasteiger partial charge on any atom is 0.246 e. The van der Waals surface area contributed by atoms with Crippen molar-refractivity contribution >= 4 is 11.8 Å². The highest BCUT2D eigenvalue weighted by molar-refractivity contribution is 5.97. The minimum Gasteiger partial charge on any atom is -0.342 e. The lowest BCUT2D eigenvalue weighted by Gasteiger charge is -2.48. The summed E-state index contributed by atoms with van der Waals surface area (Å²) >= 11 is 0. The van der Waals surface area contributed by atoms with E-state index in [1.165, 1.54) is 6.42 Å². The fourth-order valence-electron chi connectivity index (χ4n) is 3.92. The summed E-state index contributed by atoms with van der Waals surface area (Å²) in [5, 5.41) is 2.93. The first-order valence-corrected chi connectivity index (χ1v) is 8.39. The van der Waals surface area contributed by atoms with Crippen LogP contribution in [0.25, 0.3) is 0 Å². The van der Waals surface area contributed by atoms with Gasteiger partial charge in [0.2, 0.25) is 11.8 Å². The highest BCUT2D eigenvalue weighted by atomic mass is 16.2. The summed E-state index contributed by atoms with van der Waals surface area (Å²) in [6.45, 7) is 10.5. The van der Waals surface area contributed by atoms with Crippen molar-refractivity contribution < 1.29 is 9.59 Å². The van der Waals surface area contributed by atoms with Crippen molar-refractivity contribution in [1.29, 1.82) is 0 Å². The number of rotatable bonds is 3. The molecule has 2 fully saturated rings. The molecule has 1 aliphatic carbocycles. The van der Waals surface area contributed by atoms with E-state index in [1.807, 2.05) is 25.7 Å². The number of piperazine rings is 1. The molecule has 0 aromatic rings. The van der Waals surface area contributed by atoms with Crippen molar-refractivity contribution in [1.82, 2.24) is 10.2 Å². The molecule has 120 valence electrons. The van der Waals surface area contributed by atoms with E-state index in [2.05, 4.69) is 19.2 Å².